The Morgan fingerprint density at radius 3 is 2.42 bits per heavy atom. The molecular formula is C25H24N2O4. The van der Waals surface area contributed by atoms with Gasteiger partial charge in [-0.25, -0.2) is 9.69 Å². The predicted octanol–water partition coefficient (Wildman–Crippen LogP) is 4.06. The molecule has 0 N–H and O–H groups in total. The second kappa shape index (κ2) is 7.23. The fraction of sp³-hybridized carbons (Fsp3) is 0.240. The fourth-order valence-electron chi connectivity index (χ4n) is 4.46. The summed E-state index contributed by atoms with van der Waals surface area (Å²) < 4.78 is 4.86. The first kappa shape index (κ1) is 20.6. The van der Waals surface area contributed by atoms with Crippen LogP contribution in [-0.4, -0.2) is 31.9 Å². The normalized spacial score (nSPS) is 19.1. The Labute approximate surface area is 181 Å². The minimum absolute atomic E-state index is 0.311. The number of methoxy groups -OCH3 is 1. The number of allylic oxidation sites excluding steroid dienone is 3. The molecule has 0 atom stereocenters. The number of hydrogen-bond donors (Lipinski definition) is 0. The van der Waals surface area contributed by atoms with Crippen LogP contribution in [0.2, 0.25) is 0 Å². The van der Waals surface area contributed by atoms with E-state index in [0.717, 1.165) is 22.5 Å². The zero-order valence-electron chi connectivity index (χ0n) is 18.2. The van der Waals surface area contributed by atoms with E-state index in [4.69, 9.17) is 4.74 Å². The number of benzene rings is 2. The molecule has 0 radical (unpaired) electrons. The van der Waals surface area contributed by atoms with Gasteiger partial charge in [0.25, 0.3) is 5.91 Å². The summed E-state index contributed by atoms with van der Waals surface area (Å²) in [5.74, 6) is -1.01. The summed E-state index contributed by atoms with van der Waals surface area (Å²) in [7, 11) is 3.33. The number of anilines is 2. The zero-order chi connectivity index (χ0) is 22.5. The first-order valence-corrected chi connectivity index (χ1v) is 10.0. The van der Waals surface area contributed by atoms with Crippen LogP contribution in [0.5, 0.6) is 0 Å². The van der Waals surface area contributed by atoms with Crippen molar-refractivity contribution in [1.29, 1.82) is 0 Å². The van der Waals surface area contributed by atoms with Crippen molar-refractivity contribution in [2.75, 3.05) is 24.0 Å². The van der Waals surface area contributed by atoms with Crippen LogP contribution in [0.1, 0.15) is 42.3 Å². The standard InChI is InChI=1S/C25H24N2O4/c1-15(28)27-20-9-7-6-8-17(20)18(23(27)29)11-13-22-25(2,3)19-14-16(24(30)31-5)10-12-21(19)26(22)4/h6-14H,1-5H3/b18-11-,22-13+. The molecule has 0 spiro atoms. The summed E-state index contributed by atoms with van der Waals surface area (Å²) in [6, 6.07) is 12.8. The van der Waals surface area contributed by atoms with Gasteiger partial charge in [0.2, 0.25) is 5.91 Å². The quantitative estimate of drug-likeness (QED) is 0.546. The molecule has 0 unspecified atom stereocenters. The Bertz CT molecular complexity index is 1190. The molecule has 0 fully saturated rings. The number of fused-ring (bicyclic) bond motifs is 2. The van der Waals surface area contributed by atoms with Crippen molar-refractivity contribution in [1.82, 2.24) is 0 Å². The van der Waals surface area contributed by atoms with E-state index in [1.54, 1.807) is 18.2 Å². The number of nitrogens with zero attached hydrogens (tertiary/aromatic N) is 2. The fourth-order valence-corrected chi connectivity index (χ4v) is 4.46. The van der Waals surface area contributed by atoms with Gasteiger partial charge in [-0.1, -0.05) is 32.0 Å². The summed E-state index contributed by atoms with van der Waals surface area (Å²) in [6.07, 6.45) is 3.70. The van der Waals surface area contributed by atoms with Gasteiger partial charge in [0, 0.05) is 41.9 Å². The summed E-state index contributed by atoms with van der Waals surface area (Å²) in [5.41, 5.74) is 4.90. The molecular weight excluding hydrogens is 392 g/mol. The molecule has 2 aromatic rings. The van der Waals surface area contributed by atoms with E-state index >= 15 is 0 Å². The lowest BCUT2D eigenvalue weighted by Gasteiger charge is -2.23. The second-order valence-electron chi connectivity index (χ2n) is 8.22. The summed E-state index contributed by atoms with van der Waals surface area (Å²) in [6.45, 7) is 5.54. The van der Waals surface area contributed by atoms with E-state index in [-0.39, 0.29) is 17.8 Å². The Balaban J connectivity index is 1.79. The molecule has 0 bridgehead atoms. The van der Waals surface area contributed by atoms with Crippen molar-refractivity contribution in [3.63, 3.8) is 0 Å². The highest BCUT2D eigenvalue weighted by atomic mass is 16.5. The van der Waals surface area contributed by atoms with Gasteiger partial charge in [-0.15, -0.1) is 0 Å². The first-order valence-electron chi connectivity index (χ1n) is 10.0. The highest BCUT2D eigenvalue weighted by Gasteiger charge is 2.39. The molecule has 0 aromatic heterocycles. The summed E-state index contributed by atoms with van der Waals surface area (Å²) in [5, 5.41) is 0. The van der Waals surface area contributed by atoms with Crippen LogP contribution in [-0.2, 0) is 19.7 Å². The van der Waals surface area contributed by atoms with Crippen molar-refractivity contribution >= 4 is 34.7 Å². The van der Waals surface area contributed by atoms with Crippen LogP contribution in [0.3, 0.4) is 0 Å². The lowest BCUT2D eigenvalue weighted by Crippen LogP contribution is -2.31. The monoisotopic (exact) mass is 416 g/mol. The molecule has 2 heterocycles. The predicted molar refractivity (Wildman–Crippen MR) is 120 cm³/mol. The summed E-state index contributed by atoms with van der Waals surface area (Å²) >= 11 is 0. The number of carbonyl (C=O) groups excluding carboxylic acids is 3. The minimum atomic E-state index is -0.396. The van der Waals surface area contributed by atoms with Gasteiger partial charge in [-0.05, 0) is 42.0 Å². The van der Waals surface area contributed by atoms with Crippen molar-refractivity contribution in [3.8, 4) is 0 Å². The number of esters is 1. The van der Waals surface area contributed by atoms with Gasteiger partial charge in [-0.2, -0.15) is 0 Å². The number of hydrogen-bond acceptors (Lipinski definition) is 5. The van der Waals surface area contributed by atoms with E-state index in [1.165, 1.54) is 18.9 Å². The Morgan fingerprint density at radius 2 is 1.74 bits per heavy atom. The second-order valence-corrected chi connectivity index (χ2v) is 8.22. The topological polar surface area (TPSA) is 66.9 Å². The molecule has 31 heavy (non-hydrogen) atoms. The first-order chi connectivity index (χ1) is 14.7. The van der Waals surface area contributed by atoms with Crippen LogP contribution >= 0.6 is 0 Å². The van der Waals surface area contributed by atoms with Crippen molar-refractivity contribution in [3.05, 3.63) is 77.0 Å². The minimum Gasteiger partial charge on any atom is -0.465 e. The maximum Gasteiger partial charge on any atom is 0.337 e. The maximum atomic E-state index is 13.0. The molecule has 2 aliphatic heterocycles. The average Bonchev–Trinajstić information content (AvgIpc) is 3.13. The van der Waals surface area contributed by atoms with Crippen molar-refractivity contribution in [2.24, 2.45) is 0 Å². The third kappa shape index (κ3) is 3.06. The molecule has 2 aromatic carbocycles. The third-order valence-corrected chi connectivity index (χ3v) is 6.05. The molecule has 2 amide bonds. The van der Waals surface area contributed by atoms with E-state index in [1.807, 2.05) is 43.5 Å². The highest BCUT2D eigenvalue weighted by Crippen LogP contribution is 2.47. The van der Waals surface area contributed by atoms with E-state index in [9.17, 15) is 14.4 Å². The van der Waals surface area contributed by atoms with Gasteiger partial charge in [0.1, 0.15) is 0 Å². The Hall–Kier alpha value is -3.67. The van der Waals surface area contributed by atoms with Crippen LogP contribution in [0.15, 0.2) is 60.3 Å². The Kier molecular flexibility index (Phi) is 4.81. The van der Waals surface area contributed by atoms with E-state index in [0.29, 0.717) is 16.8 Å². The number of para-hydroxylation sites is 1. The van der Waals surface area contributed by atoms with Crippen LogP contribution < -0.4 is 9.80 Å². The molecule has 2 aliphatic rings. The van der Waals surface area contributed by atoms with Crippen LogP contribution in [0, 0.1) is 0 Å². The van der Waals surface area contributed by atoms with E-state index in [2.05, 4.69) is 18.7 Å². The molecule has 4 rings (SSSR count). The average molecular weight is 416 g/mol. The van der Waals surface area contributed by atoms with E-state index < -0.39 is 5.41 Å². The highest BCUT2D eigenvalue weighted by molar-refractivity contribution is 6.39. The van der Waals surface area contributed by atoms with Gasteiger partial charge in [0.15, 0.2) is 0 Å². The van der Waals surface area contributed by atoms with Crippen molar-refractivity contribution in [2.45, 2.75) is 26.2 Å². The number of likely N-dealkylation sites (N-methyl/N-ethyl adjacent to an activating group) is 1. The molecule has 0 saturated heterocycles. The number of carbonyl (C=O) groups is 3. The van der Waals surface area contributed by atoms with Crippen LogP contribution in [0.25, 0.3) is 5.57 Å². The lowest BCUT2D eigenvalue weighted by molar-refractivity contribution is -0.122. The smallest absolute Gasteiger partial charge is 0.337 e. The maximum absolute atomic E-state index is 13.0. The third-order valence-electron chi connectivity index (χ3n) is 6.05. The van der Waals surface area contributed by atoms with Gasteiger partial charge >= 0.3 is 5.97 Å². The molecule has 6 heteroatoms. The number of rotatable bonds is 2. The number of amides is 2. The van der Waals surface area contributed by atoms with Gasteiger partial charge in [-0.3, -0.25) is 9.59 Å². The Morgan fingerprint density at radius 1 is 1.03 bits per heavy atom. The van der Waals surface area contributed by atoms with Crippen molar-refractivity contribution < 1.29 is 19.1 Å². The lowest BCUT2D eigenvalue weighted by atomic mass is 9.83. The molecule has 158 valence electrons. The summed E-state index contributed by atoms with van der Waals surface area (Å²) in [4.78, 5) is 40.3. The largest absolute Gasteiger partial charge is 0.465 e. The molecule has 0 saturated carbocycles. The van der Waals surface area contributed by atoms with Crippen LogP contribution in [0.4, 0.5) is 11.4 Å². The number of ether oxygens (including phenoxy) is 1. The molecule has 0 aliphatic carbocycles. The SMILES string of the molecule is COC(=O)c1ccc2c(c1)C(C)(C)/C(=C\C=C1/C(=O)N(C(C)=O)c3ccccc31)N2C. The van der Waals surface area contributed by atoms with Gasteiger partial charge in [0.05, 0.1) is 18.4 Å². The zero-order valence-corrected chi connectivity index (χ0v) is 18.2. The number of imide groups is 1. The molecule has 6 nitrogen and oxygen atoms in total. The van der Waals surface area contributed by atoms with Gasteiger partial charge < -0.3 is 9.64 Å².